The van der Waals surface area contributed by atoms with Crippen molar-refractivity contribution in [1.82, 2.24) is 15.1 Å². The Balaban J connectivity index is 1.44. The fourth-order valence-electron chi connectivity index (χ4n) is 3.74. The van der Waals surface area contributed by atoms with Gasteiger partial charge in [0, 0.05) is 37.4 Å². The molecule has 1 aromatic carbocycles. The quantitative estimate of drug-likeness (QED) is 0.585. The molecule has 3 aromatic rings. The number of amides is 1. The van der Waals surface area contributed by atoms with Gasteiger partial charge in [0.05, 0.1) is 28.8 Å². The number of rotatable bonds is 7. The van der Waals surface area contributed by atoms with E-state index in [0.29, 0.717) is 6.54 Å². The summed E-state index contributed by atoms with van der Waals surface area (Å²) >= 11 is 1.57. The number of ether oxygens (including phenoxy) is 1. The Morgan fingerprint density at radius 2 is 1.93 bits per heavy atom. The van der Waals surface area contributed by atoms with Crippen molar-refractivity contribution in [2.45, 2.75) is 26.8 Å². The molecule has 2 aromatic heterocycles. The van der Waals surface area contributed by atoms with Crippen LogP contribution in [0.5, 0.6) is 0 Å². The summed E-state index contributed by atoms with van der Waals surface area (Å²) in [7, 11) is 0. The van der Waals surface area contributed by atoms with Gasteiger partial charge in [-0.15, -0.1) is 11.3 Å². The molecule has 30 heavy (non-hydrogen) atoms. The molecule has 0 unspecified atom stereocenters. The number of anilines is 1. The molecule has 1 aliphatic heterocycles. The molecule has 6 nitrogen and oxygen atoms in total. The summed E-state index contributed by atoms with van der Waals surface area (Å²) in [5.74, 6) is -0.00921. The Kier molecular flexibility index (Phi) is 6.50. The number of thiophene rings is 1. The predicted octanol–water partition coefficient (Wildman–Crippen LogP) is 3.89. The molecule has 0 radical (unpaired) electrons. The van der Waals surface area contributed by atoms with Crippen molar-refractivity contribution in [2.24, 2.45) is 0 Å². The summed E-state index contributed by atoms with van der Waals surface area (Å²) in [4.78, 5) is 15.9. The van der Waals surface area contributed by atoms with Crippen LogP contribution in [0, 0.1) is 13.8 Å². The number of morpholine rings is 1. The highest BCUT2D eigenvalue weighted by Crippen LogP contribution is 2.39. The molecule has 0 saturated carbocycles. The van der Waals surface area contributed by atoms with Crippen molar-refractivity contribution >= 4 is 22.2 Å². The van der Waals surface area contributed by atoms with Gasteiger partial charge in [0.1, 0.15) is 0 Å². The van der Waals surface area contributed by atoms with E-state index in [1.807, 2.05) is 35.9 Å². The van der Waals surface area contributed by atoms with Gasteiger partial charge in [-0.2, -0.15) is 5.10 Å². The van der Waals surface area contributed by atoms with Gasteiger partial charge in [-0.3, -0.25) is 9.48 Å². The minimum absolute atomic E-state index is 0.00921. The normalized spacial score (nSPS) is 14.1. The lowest BCUT2D eigenvalue weighted by Gasteiger charge is -2.28. The highest BCUT2D eigenvalue weighted by Gasteiger charge is 2.21. The first-order valence-corrected chi connectivity index (χ1v) is 11.2. The van der Waals surface area contributed by atoms with Crippen LogP contribution in [0.3, 0.4) is 0 Å². The lowest BCUT2D eigenvalue weighted by atomic mass is 10.1. The molecular formula is C23H28N4O2S. The summed E-state index contributed by atoms with van der Waals surface area (Å²) < 4.78 is 7.51. The number of aryl methyl sites for hydroxylation is 3. The summed E-state index contributed by atoms with van der Waals surface area (Å²) in [6, 6.07) is 14.4. The van der Waals surface area contributed by atoms with Crippen LogP contribution in [-0.2, 0) is 11.3 Å². The average molecular weight is 425 g/mol. The van der Waals surface area contributed by atoms with Crippen molar-refractivity contribution in [3.8, 4) is 11.1 Å². The summed E-state index contributed by atoms with van der Waals surface area (Å²) in [6.45, 7) is 8.64. The molecule has 1 N–H and O–H groups in total. The molecule has 0 atom stereocenters. The summed E-state index contributed by atoms with van der Waals surface area (Å²) in [6.07, 6.45) is 0.848. The zero-order valence-corrected chi connectivity index (χ0v) is 18.4. The van der Waals surface area contributed by atoms with Crippen LogP contribution < -0.4 is 10.2 Å². The standard InChI is InChI=1S/C23H28N4O2S/c1-17-15-18(2)27(25-17)10-6-9-24-22(28)21-16-20(19-7-4-3-5-8-19)23(30-21)26-11-13-29-14-12-26/h3-5,7-8,15-16H,6,9-14H2,1-2H3,(H,24,28). The van der Waals surface area contributed by atoms with Crippen LogP contribution in [0.4, 0.5) is 5.00 Å². The molecule has 1 saturated heterocycles. The van der Waals surface area contributed by atoms with E-state index in [-0.39, 0.29) is 5.91 Å². The topological polar surface area (TPSA) is 59.4 Å². The molecular weight excluding hydrogens is 396 g/mol. The molecule has 158 valence electrons. The molecule has 0 aliphatic carbocycles. The predicted molar refractivity (Wildman–Crippen MR) is 121 cm³/mol. The number of hydrogen-bond donors (Lipinski definition) is 1. The molecule has 1 aliphatic rings. The minimum atomic E-state index is -0.00921. The van der Waals surface area contributed by atoms with Crippen molar-refractivity contribution in [2.75, 3.05) is 37.7 Å². The number of nitrogens with zero attached hydrogens (tertiary/aromatic N) is 3. The van der Waals surface area contributed by atoms with Gasteiger partial charge in [-0.05, 0) is 38.0 Å². The van der Waals surface area contributed by atoms with E-state index in [2.05, 4.69) is 40.4 Å². The fraction of sp³-hybridized carbons (Fsp3) is 0.391. The van der Waals surface area contributed by atoms with E-state index < -0.39 is 0 Å². The molecule has 0 spiro atoms. The van der Waals surface area contributed by atoms with E-state index in [4.69, 9.17) is 4.74 Å². The van der Waals surface area contributed by atoms with Crippen LogP contribution in [0.2, 0.25) is 0 Å². The first-order chi connectivity index (χ1) is 14.6. The van der Waals surface area contributed by atoms with Crippen LogP contribution in [0.1, 0.15) is 27.5 Å². The van der Waals surface area contributed by atoms with E-state index in [1.54, 1.807) is 11.3 Å². The van der Waals surface area contributed by atoms with Gasteiger partial charge in [0.15, 0.2) is 0 Å². The zero-order valence-electron chi connectivity index (χ0n) is 17.6. The average Bonchev–Trinajstić information content (AvgIpc) is 3.35. The Bertz CT molecular complexity index is 990. The SMILES string of the molecule is Cc1cc(C)n(CCCNC(=O)c2cc(-c3ccccc3)c(N3CCOCC3)s2)n1. The van der Waals surface area contributed by atoms with Gasteiger partial charge < -0.3 is 15.0 Å². The molecule has 4 rings (SSSR count). The largest absolute Gasteiger partial charge is 0.378 e. The smallest absolute Gasteiger partial charge is 0.261 e. The van der Waals surface area contributed by atoms with Gasteiger partial charge in [0.2, 0.25) is 0 Å². The van der Waals surface area contributed by atoms with Crippen LogP contribution >= 0.6 is 11.3 Å². The number of benzene rings is 1. The van der Waals surface area contributed by atoms with E-state index in [9.17, 15) is 4.79 Å². The van der Waals surface area contributed by atoms with Gasteiger partial charge >= 0.3 is 0 Å². The molecule has 1 fully saturated rings. The van der Waals surface area contributed by atoms with E-state index >= 15 is 0 Å². The van der Waals surface area contributed by atoms with Crippen LogP contribution in [0.25, 0.3) is 11.1 Å². The van der Waals surface area contributed by atoms with Crippen LogP contribution in [0.15, 0.2) is 42.5 Å². The Morgan fingerprint density at radius 3 is 2.63 bits per heavy atom. The number of carbonyl (C=O) groups excluding carboxylic acids is 1. The first kappa shape index (κ1) is 20.6. The highest BCUT2D eigenvalue weighted by molar-refractivity contribution is 7.18. The lowest BCUT2D eigenvalue weighted by Crippen LogP contribution is -2.35. The lowest BCUT2D eigenvalue weighted by molar-refractivity contribution is 0.0956. The Hall–Kier alpha value is -2.64. The van der Waals surface area contributed by atoms with Crippen molar-refractivity contribution in [3.05, 3.63) is 58.7 Å². The van der Waals surface area contributed by atoms with Gasteiger partial charge in [-0.25, -0.2) is 0 Å². The third-order valence-corrected chi connectivity index (χ3v) is 6.45. The van der Waals surface area contributed by atoms with E-state index in [0.717, 1.165) is 71.7 Å². The number of carbonyl (C=O) groups is 1. The van der Waals surface area contributed by atoms with Crippen molar-refractivity contribution < 1.29 is 9.53 Å². The number of aromatic nitrogens is 2. The van der Waals surface area contributed by atoms with Crippen molar-refractivity contribution in [1.29, 1.82) is 0 Å². The maximum Gasteiger partial charge on any atom is 0.261 e. The van der Waals surface area contributed by atoms with Gasteiger partial charge in [0.25, 0.3) is 5.91 Å². The maximum atomic E-state index is 12.8. The third-order valence-electron chi connectivity index (χ3n) is 5.25. The highest BCUT2D eigenvalue weighted by atomic mass is 32.1. The molecule has 1 amide bonds. The van der Waals surface area contributed by atoms with E-state index in [1.165, 1.54) is 0 Å². The summed E-state index contributed by atoms with van der Waals surface area (Å²) in [5, 5.41) is 8.70. The third kappa shape index (κ3) is 4.74. The molecule has 3 heterocycles. The first-order valence-electron chi connectivity index (χ1n) is 10.4. The van der Waals surface area contributed by atoms with Crippen molar-refractivity contribution in [3.63, 3.8) is 0 Å². The second-order valence-electron chi connectivity index (χ2n) is 7.55. The Morgan fingerprint density at radius 1 is 1.17 bits per heavy atom. The monoisotopic (exact) mass is 424 g/mol. The maximum absolute atomic E-state index is 12.8. The zero-order chi connectivity index (χ0) is 20.9. The van der Waals surface area contributed by atoms with Crippen LogP contribution in [-0.4, -0.2) is 48.5 Å². The number of nitrogens with one attached hydrogen (secondary N) is 1. The molecule has 7 heteroatoms. The second-order valence-corrected chi connectivity index (χ2v) is 8.59. The van der Waals surface area contributed by atoms with Gasteiger partial charge in [-0.1, -0.05) is 30.3 Å². The second kappa shape index (κ2) is 9.45. The Labute approximate surface area is 181 Å². The number of hydrogen-bond acceptors (Lipinski definition) is 5. The fourth-order valence-corrected chi connectivity index (χ4v) is 4.89. The minimum Gasteiger partial charge on any atom is -0.378 e. The summed E-state index contributed by atoms with van der Waals surface area (Å²) in [5.41, 5.74) is 4.44. The molecule has 0 bridgehead atoms.